The zero-order chi connectivity index (χ0) is 30.9. The van der Waals surface area contributed by atoms with E-state index in [1.54, 1.807) is 24.3 Å². The summed E-state index contributed by atoms with van der Waals surface area (Å²) < 4.78 is 37.2. The molecule has 2 heterocycles. The Bertz CT molecular complexity index is 1220. The Morgan fingerprint density at radius 3 is 2.24 bits per heavy atom. The number of urea groups is 1. The predicted molar refractivity (Wildman–Crippen MR) is 145 cm³/mol. The number of piperazine rings is 1. The van der Waals surface area contributed by atoms with Gasteiger partial charge in [-0.05, 0) is 56.9 Å². The van der Waals surface area contributed by atoms with Crippen LogP contribution in [0.25, 0.3) is 0 Å². The van der Waals surface area contributed by atoms with Crippen LogP contribution in [0.5, 0.6) is 0 Å². The van der Waals surface area contributed by atoms with Gasteiger partial charge in [0, 0.05) is 49.5 Å². The lowest BCUT2D eigenvalue weighted by molar-refractivity contribution is -0.192. The first-order valence-electron chi connectivity index (χ1n) is 13.6. The number of carbonyl (C=O) groups is 4. The third-order valence-corrected chi connectivity index (χ3v) is 6.87. The first-order chi connectivity index (χ1) is 19.8. The van der Waals surface area contributed by atoms with Crippen molar-refractivity contribution in [1.82, 2.24) is 25.4 Å². The number of nitrogens with one attached hydrogen (secondary N) is 3. The molecular formula is C27H35F3N6O6. The minimum absolute atomic E-state index is 0.0322. The van der Waals surface area contributed by atoms with Crippen LogP contribution >= 0.6 is 0 Å². The summed E-state index contributed by atoms with van der Waals surface area (Å²) in [5, 5.41) is 15.7. The molecule has 2 aromatic rings. The van der Waals surface area contributed by atoms with Crippen molar-refractivity contribution in [1.29, 1.82) is 0 Å². The van der Waals surface area contributed by atoms with Gasteiger partial charge in [-0.15, -0.1) is 0 Å². The lowest BCUT2D eigenvalue weighted by atomic mass is 9.93. The first kappa shape index (κ1) is 32.4. The fraction of sp³-hybridized carbons (Fsp3) is 0.519. The van der Waals surface area contributed by atoms with Crippen molar-refractivity contribution in [2.75, 3.05) is 31.5 Å². The summed E-state index contributed by atoms with van der Waals surface area (Å²) >= 11 is 0. The maximum atomic E-state index is 12.9. The van der Waals surface area contributed by atoms with E-state index < -0.39 is 12.1 Å². The molecule has 15 heteroatoms. The number of carboxylic acids is 1. The highest BCUT2D eigenvalue weighted by Gasteiger charge is 2.38. The molecule has 0 bridgehead atoms. The molecule has 0 radical (unpaired) electrons. The van der Waals surface area contributed by atoms with E-state index in [9.17, 15) is 27.6 Å². The van der Waals surface area contributed by atoms with Crippen molar-refractivity contribution < 1.29 is 41.9 Å². The fourth-order valence-electron chi connectivity index (χ4n) is 3.97. The van der Waals surface area contributed by atoms with Gasteiger partial charge in [0.05, 0.1) is 6.54 Å². The van der Waals surface area contributed by atoms with Crippen molar-refractivity contribution in [3.63, 3.8) is 0 Å². The maximum Gasteiger partial charge on any atom is 0.490 e. The van der Waals surface area contributed by atoms with E-state index in [1.807, 2.05) is 18.7 Å². The van der Waals surface area contributed by atoms with E-state index in [1.165, 1.54) is 6.26 Å². The first-order valence-corrected chi connectivity index (χ1v) is 13.6. The van der Waals surface area contributed by atoms with Gasteiger partial charge in [0.25, 0.3) is 11.8 Å². The summed E-state index contributed by atoms with van der Waals surface area (Å²) in [6.45, 7) is 6.98. The summed E-state index contributed by atoms with van der Waals surface area (Å²) in [6.07, 6.45) is 0.375. The molecule has 1 atom stereocenters. The summed E-state index contributed by atoms with van der Waals surface area (Å²) in [7, 11) is 0. The number of anilines is 1. The number of benzene rings is 1. The molecule has 230 valence electrons. The molecule has 0 spiro atoms. The van der Waals surface area contributed by atoms with E-state index in [0.717, 1.165) is 25.7 Å². The van der Waals surface area contributed by atoms with Gasteiger partial charge in [-0.3, -0.25) is 14.5 Å². The second-order valence-electron chi connectivity index (χ2n) is 10.1. The van der Waals surface area contributed by atoms with Crippen molar-refractivity contribution in [2.24, 2.45) is 0 Å². The van der Waals surface area contributed by atoms with Crippen molar-refractivity contribution in [3.05, 3.63) is 47.7 Å². The third-order valence-electron chi connectivity index (χ3n) is 6.87. The number of aliphatic carboxylic acids is 1. The van der Waals surface area contributed by atoms with E-state index in [0.29, 0.717) is 49.9 Å². The Hall–Kier alpha value is -4.14. The summed E-state index contributed by atoms with van der Waals surface area (Å²) in [5.74, 6) is -2.53. The lowest BCUT2D eigenvalue weighted by Crippen LogP contribution is -2.48. The minimum atomic E-state index is -5.08. The second-order valence-corrected chi connectivity index (χ2v) is 10.1. The van der Waals surface area contributed by atoms with E-state index >= 15 is 0 Å². The average Bonchev–Trinajstić information content (AvgIpc) is 3.39. The predicted octanol–water partition coefficient (Wildman–Crippen LogP) is 3.47. The van der Waals surface area contributed by atoms with E-state index in [2.05, 4.69) is 25.8 Å². The zero-order valence-electron chi connectivity index (χ0n) is 23.4. The highest BCUT2D eigenvalue weighted by molar-refractivity contribution is 5.95. The second kappa shape index (κ2) is 14.7. The molecule has 2 aliphatic rings. The zero-order valence-corrected chi connectivity index (χ0v) is 23.4. The monoisotopic (exact) mass is 596 g/mol. The van der Waals surface area contributed by atoms with Crippen LogP contribution in [0.4, 0.5) is 23.7 Å². The number of hydrogen-bond acceptors (Lipinski definition) is 7. The van der Waals surface area contributed by atoms with Crippen LogP contribution in [0, 0.1) is 0 Å². The van der Waals surface area contributed by atoms with Crippen LogP contribution in [0.2, 0.25) is 0 Å². The number of halogens is 3. The number of carbonyl (C=O) groups excluding carboxylic acids is 3. The summed E-state index contributed by atoms with van der Waals surface area (Å²) in [5.41, 5.74) is 1.53. The molecule has 1 aromatic heterocycles. The Kier molecular flexibility index (Phi) is 11.3. The molecule has 2 fully saturated rings. The molecular weight excluding hydrogens is 561 g/mol. The highest BCUT2D eigenvalue weighted by Crippen LogP contribution is 2.19. The molecule has 1 saturated carbocycles. The molecule has 1 unspecified atom stereocenters. The molecule has 1 aliphatic heterocycles. The van der Waals surface area contributed by atoms with Crippen LogP contribution < -0.4 is 16.0 Å². The van der Waals surface area contributed by atoms with Gasteiger partial charge < -0.3 is 30.4 Å². The Morgan fingerprint density at radius 1 is 1.10 bits per heavy atom. The molecule has 4 amide bonds. The number of carboxylic acid groups (broad SMARTS) is 1. The standard InChI is InChI=1S/C25H34N6O4.C2HF3O2/c1-3-17(2)26-23(32)21-16-35-22(29-21)15-30-11-13-31(14-12-30)24(33)18-7-9-20(10-8-18)28-25(34)27-19-5-4-6-19;3-2(4,5)1(6)7/h7-10,16-17,19H,3-6,11-15H2,1-2H3,(H,26,32)(H2,27,28,34);(H,6,7). The fourth-order valence-corrected chi connectivity index (χ4v) is 3.97. The Balaban J connectivity index is 0.000000616. The Morgan fingerprint density at radius 2 is 1.71 bits per heavy atom. The molecule has 1 saturated heterocycles. The number of oxazole rings is 1. The molecule has 12 nitrogen and oxygen atoms in total. The average molecular weight is 597 g/mol. The van der Waals surface area contributed by atoms with Gasteiger partial charge >= 0.3 is 18.2 Å². The third kappa shape index (κ3) is 9.75. The largest absolute Gasteiger partial charge is 0.490 e. The highest BCUT2D eigenvalue weighted by atomic mass is 19.4. The van der Waals surface area contributed by atoms with Gasteiger partial charge in [0.1, 0.15) is 6.26 Å². The molecule has 1 aliphatic carbocycles. The van der Waals surface area contributed by atoms with Crippen LogP contribution in [0.15, 0.2) is 34.9 Å². The Labute approximate surface area is 240 Å². The van der Waals surface area contributed by atoms with Gasteiger partial charge in [-0.2, -0.15) is 13.2 Å². The van der Waals surface area contributed by atoms with Crippen LogP contribution in [-0.2, 0) is 11.3 Å². The number of amides is 4. The maximum absolute atomic E-state index is 12.9. The molecule has 1 aromatic carbocycles. The van der Waals surface area contributed by atoms with Gasteiger partial charge in [0.2, 0.25) is 5.89 Å². The van der Waals surface area contributed by atoms with Gasteiger partial charge in [-0.25, -0.2) is 14.6 Å². The van der Waals surface area contributed by atoms with Crippen LogP contribution in [0.3, 0.4) is 0 Å². The topological polar surface area (TPSA) is 157 Å². The summed E-state index contributed by atoms with van der Waals surface area (Å²) in [4.78, 5) is 54.3. The number of alkyl halides is 3. The number of rotatable bonds is 8. The van der Waals surface area contributed by atoms with E-state index in [-0.39, 0.29) is 35.6 Å². The van der Waals surface area contributed by atoms with Gasteiger partial charge in [-0.1, -0.05) is 6.92 Å². The minimum Gasteiger partial charge on any atom is -0.475 e. The lowest BCUT2D eigenvalue weighted by Gasteiger charge is -2.34. The van der Waals surface area contributed by atoms with Crippen molar-refractivity contribution >= 4 is 29.5 Å². The van der Waals surface area contributed by atoms with Crippen LogP contribution in [0.1, 0.15) is 66.3 Å². The normalized spacial score (nSPS) is 16.4. The quantitative estimate of drug-likeness (QED) is 0.361. The van der Waals surface area contributed by atoms with Crippen molar-refractivity contribution in [2.45, 2.75) is 64.3 Å². The smallest absolute Gasteiger partial charge is 0.475 e. The molecule has 4 rings (SSSR count). The number of aromatic nitrogens is 1. The van der Waals surface area contributed by atoms with Crippen molar-refractivity contribution in [3.8, 4) is 0 Å². The number of hydrogen-bond donors (Lipinski definition) is 4. The molecule has 4 N–H and O–H groups in total. The van der Waals surface area contributed by atoms with Gasteiger partial charge in [0.15, 0.2) is 5.69 Å². The summed E-state index contributed by atoms with van der Waals surface area (Å²) in [6, 6.07) is 7.13. The molecule has 42 heavy (non-hydrogen) atoms. The SMILES string of the molecule is CCC(C)NC(=O)c1coc(CN2CCN(C(=O)c3ccc(NC(=O)NC4CCC4)cc3)CC2)n1.O=C(O)C(F)(F)F. The van der Waals surface area contributed by atoms with E-state index in [4.69, 9.17) is 14.3 Å². The number of nitrogens with zero attached hydrogens (tertiary/aromatic N) is 3. The van der Waals surface area contributed by atoms with Crippen LogP contribution in [-0.4, -0.2) is 88.1 Å².